The largest absolute Gasteiger partial charge is 0.334 e. The molecule has 1 saturated heterocycles. The molecule has 0 aliphatic carbocycles. The molecule has 31 heavy (non-hydrogen) atoms. The predicted octanol–water partition coefficient (Wildman–Crippen LogP) is 5.18. The lowest BCUT2D eigenvalue weighted by molar-refractivity contribution is -0.132. The molecule has 1 aromatic carbocycles. The molecule has 2 aromatic heterocycles. The molecule has 4 rings (SSSR count). The topological polar surface area (TPSA) is 71.0 Å². The molecule has 0 saturated carbocycles. The predicted molar refractivity (Wildman–Crippen MR) is 122 cm³/mol. The molecular weight excluding hydrogens is 410 g/mol. The van der Waals surface area contributed by atoms with Gasteiger partial charge in [-0.3, -0.25) is 4.79 Å². The van der Waals surface area contributed by atoms with Crippen LogP contribution in [0.5, 0.6) is 0 Å². The van der Waals surface area contributed by atoms with Crippen LogP contribution in [0.4, 0.5) is 11.8 Å². The second-order valence-corrected chi connectivity index (χ2v) is 8.36. The van der Waals surface area contributed by atoms with Gasteiger partial charge < -0.3 is 10.2 Å². The van der Waals surface area contributed by atoms with E-state index in [1.807, 2.05) is 67.3 Å². The Balaban J connectivity index is 1.45. The highest BCUT2D eigenvalue weighted by atomic mass is 35.5. The highest BCUT2D eigenvalue weighted by molar-refractivity contribution is 6.30. The standard InChI is InChI=1S/C24H26ClN5O/c1-16-14-17(2)27-24(26-16)29-22-10-4-8-20(28-22)21-9-5-13-30(21)23(31)12-11-18-6-3-7-19(25)15-18/h3-4,6-8,10,14-15,21H,5,9,11-13H2,1-2H3,(H,26,27,28,29). The number of hydrogen-bond donors (Lipinski definition) is 1. The first-order chi connectivity index (χ1) is 15.0. The van der Waals surface area contributed by atoms with Crippen LogP contribution in [0.15, 0.2) is 48.5 Å². The summed E-state index contributed by atoms with van der Waals surface area (Å²) in [6, 6.07) is 15.5. The summed E-state index contributed by atoms with van der Waals surface area (Å²) in [6.45, 7) is 4.64. The number of anilines is 2. The third-order valence-corrected chi connectivity index (χ3v) is 5.66. The van der Waals surface area contributed by atoms with Crippen molar-refractivity contribution in [2.24, 2.45) is 0 Å². The van der Waals surface area contributed by atoms with E-state index in [4.69, 9.17) is 16.6 Å². The van der Waals surface area contributed by atoms with E-state index in [2.05, 4.69) is 15.3 Å². The van der Waals surface area contributed by atoms with Crippen molar-refractivity contribution >= 4 is 29.3 Å². The average molecular weight is 436 g/mol. The Labute approximate surface area is 187 Å². The van der Waals surface area contributed by atoms with Gasteiger partial charge in [-0.05, 0) is 69.0 Å². The Morgan fingerprint density at radius 1 is 1.10 bits per heavy atom. The molecule has 1 fully saturated rings. The maximum Gasteiger partial charge on any atom is 0.228 e. The number of carbonyl (C=O) groups is 1. The van der Waals surface area contributed by atoms with Gasteiger partial charge in [-0.25, -0.2) is 15.0 Å². The van der Waals surface area contributed by atoms with Gasteiger partial charge in [-0.15, -0.1) is 0 Å². The molecule has 3 heterocycles. The zero-order chi connectivity index (χ0) is 21.8. The van der Waals surface area contributed by atoms with Gasteiger partial charge in [0, 0.05) is 29.4 Å². The quantitative estimate of drug-likeness (QED) is 0.577. The minimum absolute atomic E-state index is 0.00576. The summed E-state index contributed by atoms with van der Waals surface area (Å²) in [7, 11) is 0. The van der Waals surface area contributed by atoms with Crippen LogP contribution in [0, 0.1) is 13.8 Å². The summed E-state index contributed by atoms with van der Waals surface area (Å²) >= 11 is 6.06. The van der Waals surface area contributed by atoms with Crippen LogP contribution in [0.1, 0.15) is 47.9 Å². The summed E-state index contributed by atoms with van der Waals surface area (Å²) in [5.41, 5.74) is 3.77. The summed E-state index contributed by atoms with van der Waals surface area (Å²) < 4.78 is 0. The monoisotopic (exact) mass is 435 g/mol. The van der Waals surface area contributed by atoms with Gasteiger partial charge in [0.25, 0.3) is 0 Å². The van der Waals surface area contributed by atoms with Crippen molar-refractivity contribution in [3.8, 4) is 0 Å². The number of halogens is 1. The van der Waals surface area contributed by atoms with E-state index in [1.54, 1.807) is 0 Å². The van der Waals surface area contributed by atoms with Crippen LogP contribution in [0.25, 0.3) is 0 Å². The van der Waals surface area contributed by atoms with Gasteiger partial charge >= 0.3 is 0 Å². The molecule has 0 radical (unpaired) electrons. The normalized spacial score (nSPS) is 15.8. The number of aryl methyl sites for hydroxylation is 3. The third-order valence-electron chi connectivity index (χ3n) is 5.42. The SMILES string of the molecule is Cc1cc(C)nc(Nc2cccc(C3CCCN3C(=O)CCc3cccc(Cl)c3)n2)n1. The van der Waals surface area contributed by atoms with Gasteiger partial charge in [0.05, 0.1) is 11.7 Å². The molecule has 1 N–H and O–H groups in total. The van der Waals surface area contributed by atoms with Crippen LogP contribution >= 0.6 is 11.6 Å². The van der Waals surface area contributed by atoms with Crippen LogP contribution < -0.4 is 5.32 Å². The number of nitrogens with zero attached hydrogens (tertiary/aromatic N) is 4. The third kappa shape index (κ3) is 5.39. The maximum atomic E-state index is 13.0. The fourth-order valence-corrected chi connectivity index (χ4v) is 4.28. The number of rotatable bonds is 6. The fourth-order valence-electron chi connectivity index (χ4n) is 4.06. The smallest absolute Gasteiger partial charge is 0.228 e. The van der Waals surface area contributed by atoms with Crippen LogP contribution in [-0.4, -0.2) is 32.3 Å². The van der Waals surface area contributed by atoms with E-state index in [1.165, 1.54) is 0 Å². The summed E-state index contributed by atoms with van der Waals surface area (Å²) in [6.07, 6.45) is 3.04. The number of pyridine rings is 1. The van der Waals surface area contributed by atoms with E-state index >= 15 is 0 Å². The molecule has 1 aliphatic heterocycles. The first-order valence-electron chi connectivity index (χ1n) is 10.6. The van der Waals surface area contributed by atoms with Gasteiger partial charge in [0.2, 0.25) is 11.9 Å². The molecule has 160 valence electrons. The van der Waals surface area contributed by atoms with Gasteiger partial charge in [-0.2, -0.15) is 0 Å². The van der Waals surface area contributed by atoms with Gasteiger partial charge in [-0.1, -0.05) is 29.8 Å². The van der Waals surface area contributed by atoms with Crippen molar-refractivity contribution < 1.29 is 4.79 Å². The minimum Gasteiger partial charge on any atom is -0.334 e. The Morgan fingerprint density at radius 3 is 2.65 bits per heavy atom. The lowest BCUT2D eigenvalue weighted by Gasteiger charge is -2.25. The number of likely N-dealkylation sites (tertiary alicyclic amines) is 1. The second kappa shape index (κ2) is 9.43. The highest BCUT2D eigenvalue weighted by Gasteiger charge is 2.30. The molecule has 0 spiro atoms. The molecule has 7 heteroatoms. The lowest BCUT2D eigenvalue weighted by Crippen LogP contribution is -2.31. The Hall–Kier alpha value is -2.99. The van der Waals surface area contributed by atoms with Gasteiger partial charge in [0.15, 0.2) is 0 Å². The van der Waals surface area contributed by atoms with E-state index < -0.39 is 0 Å². The van der Waals surface area contributed by atoms with Crippen LogP contribution in [0.3, 0.4) is 0 Å². The van der Waals surface area contributed by atoms with E-state index in [9.17, 15) is 4.79 Å². The molecule has 1 amide bonds. The number of hydrogen-bond acceptors (Lipinski definition) is 5. The van der Waals surface area contributed by atoms with Crippen LogP contribution in [0.2, 0.25) is 5.02 Å². The Morgan fingerprint density at radius 2 is 1.87 bits per heavy atom. The molecule has 3 aromatic rings. The summed E-state index contributed by atoms with van der Waals surface area (Å²) in [5.74, 6) is 1.36. The molecule has 1 unspecified atom stereocenters. The number of aromatic nitrogens is 3. The van der Waals surface area contributed by atoms with Crippen molar-refractivity contribution in [2.75, 3.05) is 11.9 Å². The number of nitrogens with one attached hydrogen (secondary N) is 1. The first kappa shape index (κ1) is 21.2. The van der Waals surface area contributed by atoms with E-state index in [0.29, 0.717) is 29.6 Å². The van der Waals surface area contributed by atoms with Crippen molar-refractivity contribution in [3.63, 3.8) is 0 Å². The molecular formula is C24H26ClN5O. The van der Waals surface area contributed by atoms with E-state index in [-0.39, 0.29) is 11.9 Å². The van der Waals surface area contributed by atoms with Crippen molar-refractivity contribution in [1.29, 1.82) is 0 Å². The molecule has 1 atom stereocenters. The average Bonchev–Trinajstić information content (AvgIpc) is 3.22. The van der Waals surface area contributed by atoms with E-state index in [0.717, 1.165) is 42.0 Å². The maximum absolute atomic E-state index is 13.0. The van der Waals surface area contributed by atoms with Gasteiger partial charge in [0.1, 0.15) is 5.82 Å². The zero-order valence-electron chi connectivity index (χ0n) is 17.8. The molecule has 1 aliphatic rings. The Bertz CT molecular complexity index is 1070. The number of carbonyl (C=O) groups excluding carboxylic acids is 1. The first-order valence-corrected chi connectivity index (χ1v) is 11.0. The minimum atomic E-state index is -0.00576. The highest BCUT2D eigenvalue weighted by Crippen LogP contribution is 2.32. The van der Waals surface area contributed by atoms with Crippen molar-refractivity contribution in [1.82, 2.24) is 19.9 Å². The number of benzene rings is 1. The van der Waals surface area contributed by atoms with Crippen LogP contribution in [-0.2, 0) is 11.2 Å². The van der Waals surface area contributed by atoms with Crippen molar-refractivity contribution in [2.45, 2.75) is 45.6 Å². The zero-order valence-corrected chi connectivity index (χ0v) is 18.6. The lowest BCUT2D eigenvalue weighted by atomic mass is 10.1. The molecule has 6 nitrogen and oxygen atoms in total. The molecule has 0 bridgehead atoms. The summed E-state index contributed by atoms with van der Waals surface area (Å²) in [4.78, 5) is 28.5. The fraction of sp³-hybridized carbons (Fsp3) is 0.333. The second-order valence-electron chi connectivity index (χ2n) is 7.92. The Kier molecular flexibility index (Phi) is 6.47. The van der Waals surface area contributed by atoms with Crippen molar-refractivity contribution in [3.05, 3.63) is 76.2 Å². The summed E-state index contributed by atoms with van der Waals surface area (Å²) in [5, 5.41) is 3.90. The number of amides is 1.